The highest BCUT2D eigenvalue weighted by Gasteiger charge is 2.61. The van der Waals surface area contributed by atoms with Gasteiger partial charge < -0.3 is 14.2 Å². The van der Waals surface area contributed by atoms with Crippen molar-refractivity contribution in [2.75, 3.05) is 13.2 Å². The van der Waals surface area contributed by atoms with Crippen LogP contribution in [-0.4, -0.2) is 39.5 Å². The van der Waals surface area contributed by atoms with Crippen LogP contribution in [0, 0.1) is 6.92 Å². The van der Waals surface area contributed by atoms with Crippen molar-refractivity contribution in [3.8, 4) is 0 Å². The molecule has 0 amide bonds. The summed E-state index contributed by atoms with van der Waals surface area (Å²) in [6.45, 7) is 7.51. The molecule has 0 aliphatic carbocycles. The number of aliphatic hydroxyl groups excluding tert-OH is 1. The fourth-order valence-corrected chi connectivity index (χ4v) is 5.45. The molecule has 148 valence electrons. The lowest BCUT2D eigenvalue weighted by Gasteiger charge is -2.32. The first-order chi connectivity index (χ1) is 12.1. The van der Waals surface area contributed by atoms with E-state index in [9.17, 15) is 22.7 Å². The van der Waals surface area contributed by atoms with E-state index in [1.165, 1.54) is 32.1 Å². The second-order valence-electron chi connectivity index (χ2n) is 5.54. The predicted octanol–water partition coefficient (Wildman–Crippen LogP) is 4.27. The number of hydrogen-bond donors (Lipinski definition) is 1. The summed E-state index contributed by atoms with van der Waals surface area (Å²) in [4.78, 5) is 0.278. The zero-order valence-electron chi connectivity index (χ0n) is 15.1. The summed E-state index contributed by atoms with van der Waals surface area (Å²) in [6, 6.07) is 6.45. The van der Waals surface area contributed by atoms with E-state index >= 15 is 0 Å². The molecule has 1 N–H and O–H groups in total. The van der Waals surface area contributed by atoms with Crippen molar-refractivity contribution in [3.63, 3.8) is 0 Å². The first-order valence-electron chi connectivity index (χ1n) is 8.17. The monoisotopic (exact) mass is 410 g/mol. The Bertz CT molecular complexity index is 656. The van der Waals surface area contributed by atoms with Crippen LogP contribution in [0.3, 0.4) is 0 Å². The van der Waals surface area contributed by atoms with Gasteiger partial charge in [0.15, 0.2) is 0 Å². The summed E-state index contributed by atoms with van der Waals surface area (Å²) < 4.78 is 64.3. The van der Waals surface area contributed by atoms with Crippen LogP contribution in [0.15, 0.2) is 41.8 Å². The van der Waals surface area contributed by atoms with E-state index < -0.39 is 35.4 Å². The third-order valence-corrected chi connectivity index (χ3v) is 7.53. The van der Waals surface area contributed by atoms with Crippen LogP contribution in [0.1, 0.15) is 25.8 Å². The summed E-state index contributed by atoms with van der Waals surface area (Å²) in [5.74, 6) is 0. The number of rotatable bonds is 11. The third-order valence-electron chi connectivity index (χ3n) is 3.60. The highest BCUT2D eigenvalue weighted by atomic mass is 32.2. The number of benzene rings is 1. The van der Waals surface area contributed by atoms with Crippen molar-refractivity contribution in [2.45, 2.75) is 49.1 Å². The van der Waals surface area contributed by atoms with Crippen molar-refractivity contribution in [1.29, 1.82) is 0 Å². The minimum absolute atomic E-state index is 0.171. The molecule has 1 aromatic rings. The van der Waals surface area contributed by atoms with Gasteiger partial charge in [0.1, 0.15) is 6.10 Å². The van der Waals surface area contributed by atoms with Gasteiger partial charge in [-0.2, -0.15) is 8.78 Å². The molecule has 0 spiro atoms. The summed E-state index contributed by atoms with van der Waals surface area (Å²) in [6.07, 6.45) is -1.40. The highest BCUT2D eigenvalue weighted by molar-refractivity contribution is 7.85. The minimum atomic E-state index is -4.95. The highest BCUT2D eigenvalue weighted by Crippen LogP contribution is 2.63. The van der Waals surface area contributed by atoms with Gasteiger partial charge in [-0.1, -0.05) is 23.8 Å². The Labute approximate surface area is 155 Å². The number of aryl methyl sites for hydroxylation is 1. The average molecular weight is 410 g/mol. The third kappa shape index (κ3) is 5.08. The first-order valence-corrected chi connectivity index (χ1v) is 10.9. The molecule has 1 unspecified atom stereocenters. The van der Waals surface area contributed by atoms with Crippen LogP contribution in [0.2, 0.25) is 0 Å². The first kappa shape index (κ1) is 23.1. The summed E-state index contributed by atoms with van der Waals surface area (Å²) in [7, 11) is -6.93. The molecule has 3 atom stereocenters. The molecule has 0 saturated carbocycles. The van der Waals surface area contributed by atoms with Gasteiger partial charge in [0.2, 0.25) is 0 Å². The molecule has 0 bridgehead atoms. The van der Waals surface area contributed by atoms with Gasteiger partial charge in [-0.05, 0) is 39.3 Å². The van der Waals surface area contributed by atoms with E-state index in [0.29, 0.717) is 0 Å². The molecule has 0 heterocycles. The Hall–Kier alpha value is -0.920. The lowest BCUT2D eigenvalue weighted by molar-refractivity contribution is -0.0658. The Balaban J connectivity index is 3.25. The lowest BCUT2D eigenvalue weighted by atomic mass is 10.2. The lowest BCUT2D eigenvalue weighted by Crippen LogP contribution is -2.45. The van der Waals surface area contributed by atoms with Gasteiger partial charge in [0.05, 0.1) is 29.3 Å². The van der Waals surface area contributed by atoms with Gasteiger partial charge in [0, 0.05) is 4.90 Å². The van der Waals surface area contributed by atoms with Crippen LogP contribution in [0.25, 0.3) is 0 Å². The molecule has 0 fully saturated rings. The molecule has 0 saturated heterocycles. The van der Waals surface area contributed by atoms with Crippen molar-refractivity contribution in [1.82, 2.24) is 0 Å². The summed E-state index contributed by atoms with van der Waals surface area (Å²) >= 11 is 0. The van der Waals surface area contributed by atoms with Crippen molar-refractivity contribution in [2.24, 2.45) is 0 Å². The number of aliphatic hydroxyl groups is 1. The maximum absolute atomic E-state index is 14.8. The van der Waals surface area contributed by atoms with Crippen molar-refractivity contribution >= 4 is 18.4 Å². The zero-order chi connectivity index (χ0) is 20.0. The fourth-order valence-electron chi connectivity index (χ4n) is 2.28. The molecular formula is C17H25F2O5PS. The van der Waals surface area contributed by atoms with E-state index in [1.54, 1.807) is 12.1 Å². The summed E-state index contributed by atoms with van der Waals surface area (Å²) in [5.41, 5.74) is -3.32. The molecule has 1 rings (SSSR count). The smallest absolute Gasteiger partial charge is 0.385 e. The van der Waals surface area contributed by atoms with Crippen LogP contribution in [0.4, 0.5) is 8.78 Å². The molecule has 9 heteroatoms. The molecule has 26 heavy (non-hydrogen) atoms. The zero-order valence-corrected chi connectivity index (χ0v) is 16.8. The topological polar surface area (TPSA) is 72.8 Å². The molecule has 0 aromatic heterocycles. The predicted molar refractivity (Wildman–Crippen MR) is 98.0 cm³/mol. The molecule has 5 nitrogen and oxygen atoms in total. The second kappa shape index (κ2) is 9.85. The Kier molecular flexibility index (Phi) is 8.76. The summed E-state index contributed by atoms with van der Waals surface area (Å²) in [5, 5.41) is 8.89. The Morgan fingerprint density at radius 2 is 1.77 bits per heavy atom. The van der Waals surface area contributed by atoms with Gasteiger partial charge in [-0.15, -0.1) is 6.58 Å². The Morgan fingerprint density at radius 3 is 2.19 bits per heavy atom. The standard InChI is InChI=1S/C17H25F2O5PS/c1-5-8-15(26(22)14-11-9-13(4)10-12-14)16(20)17(18,19)25(21,23-6-2)24-7-3/h5,9-12,15-16,20H,1,6-8H2,2-4H3/t15-,16-,26?/m0/s1. The number of allylic oxidation sites excluding steroid dienone is 1. The van der Waals surface area contributed by atoms with E-state index in [1.807, 2.05) is 6.92 Å². The average Bonchev–Trinajstić information content (AvgIpc) is 2.59. The fraction of sp³-hybridized carbons (Fsp3) is 0.529. The quantitative estimate of drug-likeness (QED) is 0.436. The van der Waals surface area contributed by atoms with Gasteiger partial charge in [-0.25, -0.2) is 0 Å². The van der Waals surface area contributed by atoms with E-state index in [2.05, 4.69) is 15.6 Å². The maximum Gasteiger partial charge on any atom is 0.402 e. The molecular weight excluding hydrogens is 385 g/mol. The Morgan fingerprint density at radius 1 is 1.27 bits per heavy atom. The number of alkyl halides is 2. The molecule has 0 aliphatic heterocycles. The SMILES string of the molecule is C=CC[C@@H]([C@H](O)C(F)(F)P(=O)(OCC)OCC)S(=O)c1ccc(C)cc1. The van der Waals surface area contributed by atoms with Crippen LogP contribution in [0.5, 0.6) is 0 Å². The van der Waals surface area contributed by atoms with Gasteiger partial charge >= 0.3 is 13.3 Å². The van der Waals surface area contributed by atoms with Crippen molar-refractivity contribution < 1.29 is 31.7 Å². The largest absolute Gasteiger partial charge is 0.402 e. The molecule has 0 aliphatic rings. The van der Waals surface area contributed by atoms with Crippen LogP contribution >= 0.6 is 7.60 Å². The van der Waals surface area contributed by atoms with E-state index in [4.69, 9.17) is 0 Å². The molecule has 1 aromatic carbocycles. The second-order valence-corrected chi connectivity index (χ2v) is 9.32. The van der Waals surface area contributed by atoms with Crippen LogP contribution < -0.4 is 0 Å². The van der Waals surface area contributed by atoms with Gasteiger partial charge in [-0.3, -0.25) is 8.77 Å². The molecule has 0 radical (unpaired) electrons. The number of halogens is 2. The van der Waals surface area contributed by atoms with Crippen LogP contribution in [-0.2, 0) is 24.4 Å². The van der Waals surface area contributed by atoms with Gasteiger partial charge in [0.25, 0.3) is 0 Å². The number of hydrogen-bond acceptors (Lipinski definition) is 5. The van der Waals surface area contributed by atoms with Crippen molar-refractivity contribution in [3.05, 3.63) is 42.5 Å². The minimum Gasteiger partial charge on any atom is -0.385 e. The maximum atomic E-state index is 14.8. The van der Waals surface area contributed by atoms with E-state index in [-0.39, 0.29) is 24.5 Å². The normalized spacial score (nSPS) is 16.1. The van der Waals surface area contributed by atoms with E-state index in [0.717, 1.165) is 5.56 Å².